The van der Waals surface area contributed by atoms with Crippen LogP contribution in [0.3, 0.4) is 0 Å². The zero-order valence-corrected chi connectivity index (χ0v) is 19.1. The van der Waals surface area contributed by atoms with Gasteiger partial charge in [-0.15, -0.1) is 5.10 Å². The van der Waals surface area contributed by atoms with Gasteiger partial charge >= 0.3 is 0 Å². The predicted molar refractivity (Wildman–Crippen MR) is 128 cm³/mol. The van der Waals surface area contributed by atoms with Gasteiger partial charge in [-0.3, -0.25) is 4.79 Å². The van der Waals surface area contributed by atoms with E-state index >= 15 is 0 Å². The molecule has 3 rings (SSSR count). The van der Waals surface area contributed by atoms with Crippen LogP contribution in [0.25, 0.3) is 5.69 Å². The van der Waals surface area contributed by atoms with Gasteiger partial charge in [-0.25, -0.2) is 4.68 Å². The highest BCUT2D eigenvalue weighted by Crippen LogP contribution is 2.16. The molecule has 33 heavy (non-hydrogen) atoms. The highest BCUT2D eigenvalue weighted by Gasteiger charge is 2.06. The Morgan fingerprint density at radius 3 is 2.61 bits per heavy atom. The Bertz CT molecular complexity index is 1130. The van der Waals surface area contributed by atoms with Crippen molar-refractivity contribution in [2.45, 2.75) is 26.7 Å². The van der Waals surface area contributed by atoms with Crippen LogP contribution in [0, 0.1) is 0 Å². The number of aromatic nitrogens is 3. The van der Waals surface area contributed by atoms with Gasteiger partial charge in [-0.2, -0.15) is 0 Å². The SMILES string of the molecule is COc1ccc(C(=O)N/C(C)=C/C=C(\C)Nc2cccc(-n3cc(CCCO)nn3)c2)cc1. The monoisotopic (exact) mass is 447 g/mol. The van der Waals surface area contributed by atoms with Crippen LogP contribution in [-0.4, -0.2) is 39.7 Å². The Balaban J connectivity index is 1.60. The van der Waals surface area contributed by atoms with Crippen molar-refractivity contribution in [1.82, 2.24) is 20.3 Å². The second kappa shape index (κ2) is 11.6. The lowest BCUT2D eigenvalue weighted by Gasteiger charge is -2.09. The first-order valence-electron chi connectivity index (χ1n) is 10.7. The molecule has 2 aromatic carbocycles. The number of carbonyl (C=O) groups excluding carboxylic acids is 1. The smallest absolute Gasteiger partial charge is 0.255 e. The Hall–Kier alpha value is -3.91. The van der Waals surface area contributed by atoms with Crippen LogP contribution in [-0.2, 0) is 6.42 Å². The van der Waals surface area contributed by atoms with Gasteiger partial charge in [0.1, 0.15) is 5.75 Å². The van der Waals surface area contributed by atoms with Crippen molar-refractivity contribution >= 4 is 11.6 Å². The highest BCUT2D eigenvalue weighted by molar-refractivity contribution is 5.95. The number of amides is 1. The number of methoxy groups -OCH3 is 1. The minimum Gasteiger partial charge on any atom is -0.497 e. The van der Waals surface area contributed by atoms with Gasteiger partial charge in [0.05, 0.1) is 24.7 Å². The average molecular weight is 448 g/mol. The molecule has 8 heteroatoms. The molecule has 0 aliphatic rings. The van der Waals surface area contributed by atoms with Crippen molar-refractivity contribution in [1.29, 1.82) is 0 Å². The summed E-state index contributed by atoms with van der Waals surface area (Å²) in [6, 6.07) is 14.8. The topological polar surface area (TPSA) is 101 Å². The number of nitrogens with one attached hydrogen (secondary N) is 2. The van der Waals surface area contributed by atoms with E-state index in [1.165, 1.54) is 0 Å². The molecule has 0 fully saturated rings. The van der Waals surface area contributed by atoms with E-state index in [9.17, 15) is 4.79 Å². The molecule has 3 N–H and O–H groups in total. The molecule has 0 unspecified atom stereocenters. The second-order valence-corrected chi connectivity index (χ2v) is 7.54. The summed E-state index contributed by atoms with van der Waals surface area (Å²) >= 11 is 0. The molecule has 0 bridgehead atoms. The van der Waals surface area contributed by atoms with Crippen molar-refractivity contribution in [3.63, 3.8) is 0 Å². The number of hydrogen-bond donors (Lipinski definition) is 3. The molecular formula is C25H29N5O3. The van der Waals surface area contributed by atoms with Crippen molar-refractivity contribution < 1.29 is 14.6 Å². The fourth-order valence-corrected chi connectivity index (χ4v) is 3.08. The molecule has 0 aliphatic heterocycles. The van der Waals surface area contributed by atoms with Gasteiger partial charge < -0.3 is 20.5 Å². The maximum Gasteiger partial charge on any atom is 0.255 e. The second-order valence-electron chi connectivity index (χ2n) is 7.54. The molecule has 0 saturated carbocycles. The third-order valence-electron chi connectivity index (χ3n) is 4.83. The van der Waals surface area contributed by atoms with E-state index in [0.717, 1.165) is 28.5 Å². The molecule has 1 aromatic heterocycles. The van der Waals surface area contributed by atoms with Crippen molar-refractivity contribution in [2.75, 3.05) is 19.0 Å². The number of allylic oxidation sites excluding steroid dienone is 4. The predicted octanol–water partition coefficient (Wildman–Crippen LogP) is 3.85. The van der Waals surface area contributed by atoms with Gasteiger partial charge in [0.2, 0.25) is 0 Å². The molecule has 0 radical (unpaired) electrons. The van der Waals surface area contributed by atoms with Crippen LogP contribution in [0.2, 0.25) is 0 Å². The summed E-state index contributed by atoms with van der Waals surface area (Å²) in [6.07, 6.45) is 6.97. The number of nitrogens with zero attached hydrogens (tertiary/aromatic N) is 3. The Morgan fingerprint density at radius 2 is 1.88 bits per heavy atom. The lowest BCUT2D eigenvalue weighted by atomic mass is 10.2. The molecule has 1 amide bonds. The number of anilines is 1. The number of hydrogen-bond acceptors (Lipinski definition) is 6. The lowest BCUT2D eigenvalue weighted by Crippen LogP contribution is -2.21. The number of aryl methyl sites for hydroxylation is 1. The van der Waals surface area contributed by atoms with Gasteiger partial charge in [-0.05, 0) is 81.3 Å². The summed E-state index contributed by atoms with van der Waals surface area (Å²) < 4.78 is 6.84. The van der Waals surface area contributed by atoms with E-state index < -0.39 is 0 Å². The molecule has 0 saturated heterocycles. The van der Waals surface area contributed by atoms with Crippen molar-refractivity contribution in [3.05, 3.63) is 89.5 Å². The minimum atomic E-state index is -0.177. The molecule has 8 nitrogen and oxygen atoms in total. The maximum atomic E-state index is 12.4. The Kier molecular flexibility index (Phi) is 8.37. The summed E-state index contributed by atoms with van der Waals surface area (Å²) in [5, 5.41) is 23.5. The van der Waals surface area contributed by atoms with E-state index in [0.29, 0.717) is 24.2 Å². The number of aliphatic hydroxyl groups excluding tert-OH is 1. The minimum absolute atomic E-state index is 0.136. The van der Waals surface area contributed by atoms with Gasteiger partial charge in [0.25, 0.3) is 5.91 Å². The molecule has 0 spiro atoms. The first-order valence-corrected chi connectivity index (χ1v) is 10.7. The first kappa shape index (κ1) is 23.7. The number of benzene rings is 2. The molecule has 0 aliphatic carbocycles. The molecule has 1 heterocycles. The lowest BCUT2D eigenvalue weighted by molar-refractivity contribution is 0.0966. The Labute approximate surface area is 193 Å². The van der Waals surface area contributed by atoms with Crippen LogP contribution in [0.15, 0.2) is 78.3 Å². The van der Waals surface area contributed by atoms with Crippen LogP contribution < -0.4 is 15.4 Å². The van der Waals surface area contributed by atoms with E-state index in [2.05, 4.69) is 20.9 Å². The largest absolute Gasteiger partial charge is 0.497 e. The summed E-state index contributed by atoms with van der Waals surface area (Å²) in [7, 11) is 1.59. The van der Waals surface area contributed by atoms with Crippen molar-refractivity contribution in [2.24, 2.45) is 0 Å². The molecule has 172 valence electrons. The molecule has 3 aromatic rings. The number of aliphatic hydroxyl groups is 1. The van der Waals surface area contributed by atoms with Gasteiger partial charge in [-0.1, -0.05) is 11.3 Å². The van der Waals surface area contributed by atoms with Gasteiger partial charge in [0.15, 0.2) is 0 Å². The van der Waals surface area contributed by atoms with Crippen LogP contribution in [0.5, 0.6) is 5.75 Å². The van der Waals surface area contributed by atoms with E-state index in [1.54, 1.807) is 36.1 Å². The van der Waals surface area contributed by atoms with Gasteiger partial charge in [0, 0.05) is 29.3 Å². The first-order chi connectivity index (χ1) is 16.0. The highest BCUT2D eigenvalue weighted by atomic mass is 16.5. The fourth-order valence-electron chi connectivity index (χ4n) is 3.08. The van der Waals surface area contributed by atoms with E-state index in [4.69, 9.17) is 9.84 Å². The summed E-state index contributed by atoms with van der Waals surface area (Å²) in [4.78, 5) is 12.4. The third-order valence-corrected chi connectivity index (χ3v) is 4.83. The fraction of sp³-hybridized carbons (Fsp3) is 0.240. The van der Waals surface area contributed by atoms with Crippen LogP contribution in [0.1, 0.15) is 36.3 Å². The zero-order chi connectivity index (χ0) is 23.6. The number of rotatable bonds is 10. The third kappa shape index (κ3) is 7.05. The standard InChI is InChI=1S/C25H29N5O3/c1-18(9-10-19(2)27-25(32)20-11-13-24(33-3)14-12-20)26-21-6-4-8-23(16-21)30-17-22(28-29-30)7-5-15-31/h4,6,8-14,16-17,26,31H,5,7,15H2,1-3H3,(H,27,32)/b18-9+,19-10+. The number of carbonyl (C=O) groups is 1. The van der Waals surface area contributed by atoms with Crippen LogP contribution >= 0.6 is 0 Å². The van der Waals surface area contributed by atoms with E-state index in [-0.39, 0.29) is 12.5 Å². The normalized spacial score (nSPS) is 11.9. The Morgan fingerprint density at radius 1 is 1.12 bits per heavy atom. The summed E-state index contributed by atoms with van der Waals surface area (Å²) in [5.41, 5.74) is 4.83. The van der Waals surface area contributed by atoms with Crippen LogP contribution in [0.4, 0.5) is 5.69 Å². The zero-order valence-electron chi connectivity index (χ0n) is 19.1. The summed E-state index contributed by atoms with van der Waals surface area (Å²) in [6.45, 7) is 3.92. The molecular weight excluding hydrogens is 418 g/mol. The van der Waals surface area contributed by atoms with E-state index in [1.807, 2.05) is 56.5 Å². The summed E-state index contributed by atoms with van der Waals surface area (Å²) in [5.74, 6) is 0.530. The quantitative estimate of drug-likeness (QED) is 0.408. The molecule has 0 atom stereocenters. The van der Waals surface area contributed by atoms with Crippen molar-refractivity contribution in [3.8, 4) is 11.4 Å². The number of ether oxygens (including phenoxy) is 1. The average Bonchev–Trinajstić information content (AvgIpc) is 3.31. The maximum absolute atomic E-state index is 12.4.